The topological polar surface area (TPSA) is 121 Å². The Bertz CT molecular complexity index is 1130. The van der Waals surface area contributed by atoms with E-state index in [-0.39, 0.29) is 29.2 Å². The summed E-state index contributed by atoms with van der Waals surface area (Å²) in [7, 11) is 3.04. The van der Waals surface area contributed by atoms with Crippen LogP contribution in [0.1, 0.15) is 35.9 Å². The van der Waals surface area contributed by atoms with Gasteiger partial charge in [-0.25, -0.2) is 19.6 Å². The molecule has 0 aliphatic carbocycles. The highest BCUT2D eigenvalue weighted by atomic mass is 16.5. The molecule has 3 aromatic heterocycles. The first-order valence-corrected chi connectivity index (χ1v) is 8.82. The molecule has 0 aromatic carbocycles. The summed E-state index contributed by atoms with van der Waals surface area (Å²) in [6.45, 7) is 2.26. The molecule has 1 N–H and O–H groups in total. The number of nitrogens with one attached hydrogen (secondary N) is 1. The van der Waals surface area contributed by atoms with E-state index in [1.54, 1.807) is 13.1 Å². The zero-order valence-corrected chi connectivity index (χ0v) is 15.9. The number of aromatic nitrogens is 5. The van der Waals surface area contributed by atoms with E-state index in [0.29, 0.717) is 12.4 Å². The van der Waals surface area contributed by atoms with Gasteiger partial charge in [-0.2, -0.15) is 0 Å². The van der Waals surface area contributed by atoms with Gasteiger partial charge in [-0.15, -0.1) is 0 Å². The molecule has 0 fully saturated rings. The third kappa shape index (κ3) is 3.53. The number of unbranched alkanes of at least 4 members (excludes halogenated alkanes) is 1. The normalized spacial score (nSPS) is 11.0. The van der Waals surface area contributed by atoms with E-state index in [4.69, 9.17) is 9.47 Å². The van der Waals surface area contributed by atoms with Gasteiger partial charge in [0.25, 0.3) is 5.56 Å². The van der Waals surface area contributed by atoms with Gasteiger partial charge in [0.05, 0.1) is 7.11 Å². The van der Waals surface area contributed by atoms with Gasteiger partial charge in [0.15, 0.2) is 11.2 Å². The quantitative estimate of drug-likeness (QED) is 0.600. The number of carbonyl (C=O) groups excluding carboxylic acids is 1. The van der Waals surface area contributed by atoms with Crippen LogP contribution in [0.2, 0.25) is 0 Å². The maximum absolute atomic E-state index is 12.4. The standard InChI is InChI=1S/C18H21N5O5/c1-4-5-9-23-14-13(15(24)21-18(23)26)22(2)12(20-14)10-28-17(25)11-7-6-8-19-16(11)27-3/h6-8H,4-5,9-10H2,1-3H3,(H,21,24,26). The molecule has 0 saturated heterocycles. The van der Waals surface area contributed by atoms with Crippen LogP contribution >= 0.6 is 0 Å². The molecule has 0 amide bonds. The summed E-state index contributed by atoms with van der Waals surface area (Å²) in [5.41, 5.74) is -0.334. The van der Waals surface area contributed by atoms with Gasteiger partial charge in [-0.05, 0) is 18.6 Å². The van der Waals surface area contributed by atoms with Crippen molar-refractivity contribution < 1.29 is 14.3 Å². The molecule has 3 rings (SSSR count). The van der Waals surface area contributed by atoms with Crippen LogP contribution in [0.3, 0.4) is 0 Å². The van der Waals surface area contributed by atoms with Gasteiger partial charge < -0.3 is 14.0 Å². The summed E-state index contributed by atoms with van der Waals surface area (Å²) >= 11 is 0. The summed E-state index contributed by atoms with van der Waals surface area (Å²) in [6.07, 6.45) is 3.16. The van der Waals surface area contributed by atoms with Crippen molar-refractivity contribution >= 4 is 17.1 Å². The summed E-state index contributed by atoms with van der Waals surface area (Å²) < 4.78 is 13.3. The number of pyridine rings is 1. The number of ether oxygens (including phenoxy) is 2. The van der Waals surface area contributed by atoms with Gasteiger partial charge in [-0.1, -0.05) is 13.3 Å². The number of esters is 1. The Hall–Kier alpha value is -3.43. The fourth-order valence-electron chi connectivity index (χ4n) is 2.86. The van der Waals surface area contributed by atoms with Gasteiger partial charge in [0, 0.05) is 19.8 Å². The van der Waals surface area contributed by atoms with Crippen molar-refractivity contribution in [2.45, 2.75) is 32.9 Å². The number of rotatable bonds is 7. The number of hydrogen-bond acceptors (Lipinski definition) is 7. The third-order valence-electron chi connectivity index (χ3n) is 4.36. The highest BCUT2D eigenvalue weighted by molar-refractivity contribution is 5.91. The van der Waals surface area contributed by atoms with Crippen LogP contribution in [0, 0.1) is 0 Å². The molecular weight excluding hydrogens is 366 g/mol. The van der Waals surface area contributed by atoms with E-state index in [0.717, 1.165) is 12.8 Å². The second-order valence-electron chi connectivity index (χ2n) is 6.16. The smallest absolute Gasteiger partial charge is 0.344 e. The van der Waals surface area contributed by atoms with Crippen molar-refractivity contribution in [1.82, 2.24) is 24.1 Å². The Kier molecular flexibility index (Phi) is 5.57. The predicted octanol–water partition coefficient (Wildman–Crippen LogP) is 0.984. The van der Waals surface area contributed by atoms with Crippen molar-refractivity contribution in [2.24, 2.45) is 7.05 Å². The number of aromatic amines is 1. The Balaban J connectivity index is 1.93. The summed E-state index contributed by atoms with van der Waals surface area (Å²) in [5.74, 6) is -0.135. The molecular formula is C18H21N5O5. The van der Waals surface area contributed by atoms with Crippen molar-refractivity contribution in [1.29, 1.82) is 0 Å². The van der Waals surface area contributed by atoms with E-state index >= 15 is 0 Å². The van der Waals surface area contributed by atoms with E-state index in [1.165, 1.54) is 28.5 Å². The molecule has 0 saturated carbocycles. The second-order valence-corrected chi connectivity index (χ2v) is 6.16. The Morgan fingerprint density at radius 3 is 2.82 bits per heavy atom. The van der Waals surface area contributed by atoms with Crippen LogP contribution in [0.15, 0.2) is 27.9 Å². The molecule has 3 heterocycles. The number of fused-ring (bicyclic) bond motifs is 1. The van der Waals surface area contributed by atoms with Crippen LogP contribution in [-0.2, 0) is 24.9 Å². The van der Waals surface area contributed by atoms with E-state index in [1.807, 2.05) is 6.92 Å². The first-order chi connectivity index (χ1) is 13.5. The van der Waals surface area contributed by atoms with Gasteiger partial charge in [0.2, 0.25) is 5.88 Å². The third-order valence-corrected chi connectivity index (χ3v) is 4.36. The Morgan fingerprint density at radius 2 is 2.11 bits per heavy atom. The predicted molar refractivity (Wildman–Crippen MR) is 100 cm³/mol. The lowest BCUT2D eigenvalue weighted by Crippen LogP contribution is -2.31. The summed E-state index contributed by atoms with van der Waals surface area (Å²) in [5, 5.41) is 0. The van der Waals surface area contributed by atoms with Crippen molar-refractivity contribution in [2.75, 3.05) is 7.11 Å². The molecule has 0 atom stereocenters. The molecule has 0 aliphatic rings. The zero-order valence-electron chi connectivity index (χ0n) is 15.9. The average Bonchev–Trinajstić information content (AvgIpc) is 3.02. The highest BCUT2D eigenvalue weighted by Crippen LogP contribution is 2.16. The SMILES string of the molecule is CCCCn1c(=O)[nH]c(=O)c2c1nc(COC(=O)c1cccnc1OC)n2C. The monoisotopic (exact) mass is 387 g/mol. The minimum atomic E-state index is -0.630. The molecule has 148 valence electrons. The van der Waals surface area contributed by atoms with Crippen LogP contribution in [0.25, 0.3) is 11.2 Å². The number of imidazole rings is 1. The van der Waals surface area contributed by atoms with E-state index in [2.05, 4.69) is 15.0 Å². The number of nitrogens with zero attached hydrogens (tertiary/aromatic N) is 4. The van der Waals surface area contributed by atoms with Crippen molar-refractivity contribution in [3.8, 4) is 5.88 Å². The molecule has 0 unspecified atom stereocenters. The first-order valence-electron chi connectivity index (χ1n) is 8.82. The highest BCUT2D eigenvalue weighted by Gasteiger charge is 2.19. The fourth-order valence-corrected chi connectivity index (χ4v) is 2.86. The first kappa shape index (κ1) is 19.3. The number of H-pyrrole nitrogens is 1. The molecule has 0 bridgehead atoms. The van der Waals surface area contributed by atoms with E-state index < -0.39 is 17.2 Å². The number of carbonyl (C=O) groups is 1. The summed E-state index contributed by atoms with van der Waals surface area (Å²) in [6, 6.07) is 3.14. The maximum Gasteiger partial charge on any atom is 0.344 e. The van der Waals surface area contributed by atoms with Gasteiger partial charge in [0.1, 0.15) is 18.0 Å². The zero-order chi connectivity index (χ0) is 20.3. The molecule has 0 aliphatic heterocycles. The minimum Gasteiger partial charge on any atom is -0.480 e. The second kappa shape index (κ2) is 8.07. The van der Waals surface area contributed by atoms with Crippen molar-refractivity contribution in [3.05, 3.63) is 50.6 Å². The molecule has 10 heteroatoms. The van der Waals surface area contributed by atoms with Gasteiger partial charge >= 0.3 is 11.7 Å². The fraction of sp³-hybridized carbons (Fsp3) is 0.389. The van der Waals surface area contributed by atoms with E-state index in [9.17, 15) is 14.4 Å². The minimum absolute atomic E-state index is 0.155. The van der Waals surface area contributed by atoms with Crippen LogP contribution in [0.5, 0.6) is 5.88 Å². The largest absolute Gasteiger partial charge is 0.480 e. The summed E-state index contributed by atoms with van der Waals surface area (Å²) in [4.78, 5) is 47.4. The molecule has 3 aromatic rings. The lowest BCUT2D eigenvalue weighted by atomic mass is 10.3. The van der Waals surface area contributed by atoms with Crippen LogP contribution in [0.4, 0.5) is 0 Å². The number of aryl methyl sites for hydroxylation is 2. The molecule has 10 nitrogen and oxygen atoms in total. The maximum atomic E-state index is 12.4. The molecule has 28 heavy (non-hydrogen) atoms. The number of methoxy groups -OCH3 is 1. The Morgan fingerprint density at radius 1 is 1.32 bits per heavy atom. The Labute approximate surface area is 159 Å². The van der Waals surface area contributed by atoms with Crippen molar-refractivity contribution in [3.63, 3.8) is 0 Å². The van der Waals surface area contributed by atoms with Crippen LogP contribution < -0.4 is 16.0 Å². The average molecular weight is 387 g/mol. The molecule has 0 radical (unpaired) electrons. The lowest BCUT2D eigenvalue weighted by molar-refractivity contribution is 0.0455. The number of hydrogen-bond donors (Lipinski definition) is 1. The van der Waals surface area contributed by atoms with Gasteiger partial charge in [-0.3, -0.25) is 14.3 Å². The molecule has 0 spiro atoms. The van der Waals surface area contributed by atoms with Crippen LogP contribution in [-0.4, -0.2) is 37.2 Å². The lowest BCUT2D eigenvalue weighted by Gasteiger charge is -2.07.